The molecule has 0 saturated carbocycles. The van der Waals surface area contributed by atoms with Gasteiger partial charge < -0.3 is 19.7 Å². The number of hydrogen-bond donors (Lipinski definition) is 2. The van der Waals surface area contributed by atoms with E-state index in [9.17, 15) is 5.11 Å². The molecule has 3 rings (SSSR count). The maximum absolute atomic E-state index is 10.8. The van der Waals surface area contributed by atoms with Crippen LogP contribution in [0.25, 0.3) is 0 Å². The number of aliphatic hydroxyl groups excluding tert-OH is 1. The van der Waals surface area contributed by atoms with Gasteiger partial charge in [-0.25, -0.2) is 0 Å². The van der Waals surface area contributed by atoms with Crippen molar-refractivity contribution in [2.75, 3.05) is 32.9 Å². The number of nitrogens with zero attached hydrogens (tertiary/aromatic N) is 1. The third kappa shape index (κ3) is 4.97. The second-order valence-corrected chi connectivity index (χ2v) is 6.96. The molecule has 0 amide bonds. The summed E-state index contributed by atoms with van der Waals surface area (Å²) in [5, 5.41) is 19.7. The number of β-amino-alcohol motifs (C(OH)–C–C–N with tert-alkyl or cyclic N) is 1. The van der Waals surface area contributed by atoms with Gasteiger partial charge >= 0.3 is 0 Å². The SMILES string of the molecule is Cc1ccccc1OC[C@@]1(O)CCN(Cc2cccc(OCCO)c2)C1. The van der Waals surface area contributed by atoms with Crippen molar-refractivity contribution in [2.24, 2.45) is 0 Å². The fourth-order valence-corrected chi connectivity index (χ4v) is 3.28. The minimum absolute atomic E-state index is 0.00424. The molecular formula is C21H27NO4. The molecule has 5 nitrogen and oxygen atoms in total. The first kappa shape index (κ1) is 18.7. The molecule has 2 N–H and O–H groups in total. The summed E-state index contributed by atoms with van der Waals surface area (Å²) in [6, 6.07) is 15.7. The lowest BCUT2D eigenvalue weighted by Crippen LogP contribution is -2.39. The fraction of sp³-hybridized carbons (Fsp3) is 0.429. The summed E-state index contributed by atoms with van der Waals surface area (Å²) < 4.78 is 11.3. The van der Waals surface area contributed by atoms with E-state index in [0.717, 1.165) is 35.7 Å². The largest absolute Gasteiger partial charge is 0.491 e. The monoisotopic (exact) mass is 357 g/mol. The van der Waals surface area contributed by atoms with Crippen LogP contribution in [0.3, 0.4) is 0 Å². The smallest absolute Gasteiger partial charge is 0.122 e. The van der Waals surface area contributed by atoms with Crippen molar-refractivity contribution in [3.05, 3.63) is 59.7 Å². The van der Waals surface area contributed by atoms with Crippen molar-refractivity contribution < 1.29 is 19.7 Å². The Labute approximate surface area is 154 Å². The van der Waals surface area contributed by atoms with Crippen molar-refractivity contribution in [1.29, 1.82) is 0 Å². The summed E-state index contributed by atoms with van der Waals surface area (Å²) >= 11 is 0. The van der Waals surface area contributed by atoms with Crippen molar-refractivity contribution in [3.63, 3.8) is 0 Å². The Morgan fingerprint density at radius 1 is 1.12 bits per heavy atom. The molecule has 26 heavy (non-hydrogen) atoms. The number of hydrogen-bond acceptors (Lipinski definition) is 5. The minimum atomic E-state index is -0.826. The third-order valence-corrected chi connectivity index (χ3v) is 4.67. The first-order valence-corrected chi connectivity index (χ1v) is 9.04. The number of benzene rings is 2. The zero-order chi connectivity index (χ0) is 18.4. The highest BCUT2D eigenvalue weighted by Gasteiger charge is 2.36. The van der Waals surface area contributed by atoms with Crippen molar-refractivity contribution >= 4 is 0 Å². The Hall–Kier alpha value is -2.08. The van der Waals surface area contributed by atoms with E-state index in [1.807, 2.05) is 55.5 Å². The molecule has 0 aromatic heterocycles. The highest BCUT2D eigenvalue weighted by molar-refractivity contribution is 5.32. The maximum Gasteiger partial charge on any atom is 0.122 e. The molecule has 1 aliphatic rings. The van der Waals surface area contributed by atoms with Crippen LogP contribution in [0.2, 0.25) is 0 Å². The Bertz CT molecular complexity index is 721. The van der Waals surface area contributed by atoms with Crippen LogP contribution in [0, 0.1) is 6.92 Å². The molecule has 0 bridgehead atoms. The second-order valence-electron chi connectivity index (χ2n) is 6.96. The number of ether oxygens (including phenoxy) is 2. The van der Waals surface area contributed by atoms with Crippen LogP contribution in [-0.2, 0) is 6.54 Å². The van der Waals surface area contributed by atoms with E-state index in [4.69, 9.17) is 14.6 Å². The van der Waals surface area contributed by atoms with Crippen LogP contribution >= 0.6 is 0 Å². The molecule has 1 saturated heterocycles. The predicted molar refractivity (Wildman–Crippen MR) is 101 cm³/mol. The topological polar surface area (TPSA) is 62.2 Å². The van der Waals surface area contributed by atoms with Crippen LogP contribution in [0.5, 0.6) is 11.5 Å². The van der Waals surface area contributed by atoms with Crippen LogP contribution in [0.15, 0.2) is 48.5 Å². The molecule has 1 fully saturated rings. The van der Waals surface area contributed by atoms with Gasteiger partial charge in [0, 0.05) is 19.6 Å². The number of likely N-dealkylation sites (tertiary alicyclic amines) is 1. The van der Waals surface area contributed by atoms with E-state index in [0.29, 0.717) is 26.2 Å². The maximum atomic E-state index is 10.8. The van der Waals surface area contributed by atoms with Gasteiger partial charge in [0.25, 0.3) is 0 Å². The Kier molecular flexibility index (Phi) is 6.14. The quantitative estimate of drug-likeness (QED) is 0.760. The normalized spacial score (nSPS) is 20.3. The standard InChI is InChI=1S/C21H27NO4/c1-17-5-2-3-8-20(17)26-16-21(24)9-10-22(15-21)14-18-6-4-7-19(13-18)25-12-11-23/h2-8,13,23-24H,9-12,14-16H2,1H3/t21-/m1/s1. The number of para-hydroxylation sites is 1. The highest BCUT2D eigenvalue weighted by Crippen LogP contribution is 2.26. The molecule has 5 heteroatoms. The van der Waals surface area contributed by atoms with Gasteiger partial charge in [0.15, 0.2) is 0 Å². The number of rotatable bonds is 8. The molecule has 0 unspecified atom stereocenters. The second kappa shape index (κ2) is 8.54. The van der Waals surface area contributed by atoms with Crippen LogP contribution < -0.4 is 9.47 Å². The molecule has 0 aliphatic carbocycles. The van der Waals surface area contributed by atoms with Gasteiger partial charge in [-0.3, -0.25) is 4.90 Å². The van der Waals surface area contributed by atoms with Crippen LogP contribution in [-0.4, -0.2) is 53.6 Å². The summed E-state index contributed by atoms with van der Waals surface area (Å²) in [5.74, 6) is 1.59. The van der Waals surface area contributed by atoms with E-state index < -0.39 is 5.60 Å². The van der Waals surface area contributed by atoms with E-state index in [1.54, 1.807) is 0 Å². The first-order chi connectivity index (χ1) is 12.6. The highest BCUT2D eigenvalue weighted by atomic mass is 16.5. The summed E-state index contributed by atoms with van der Waals surface area (Å²) in [5.41, 5.74) is 1.38. The first-order valence-electron chi connectivity index (χ1n) is 9.04. The lowest BCUT2D eigenvalue weighted by Gasteiger charge is -2.24. The zero-order valence-electron chi connectivity index (χ0n) is 15.2. The average molecular weight is 357 g/mol. The summed E-state index contributed by atoms with van der Waals surface area (Å²) in [7, 11) is 0. The Morgan fingerprint density at radius 2 is 1.96 bits per heavy atom. The molecule has 0 spiro atoms. The van der Waals surface area contributed by atoms with Gasteiger partial charge in [-0.1, -0.05) is 30.3 Å². The fourth-order valence-electron chi connectivity index (χ4n) is 3.28. The molecule has 2 aromatic rings. The molecule has 1 heterocycles. The van der Waals surface area contributed by atoms with E-state index in [2.05, 4.69) is 4.90 Å². The summed E-state index contributed by atoms with van der Waals surface area (Å²) in [6.07, 6.45) is 0.694. The van der Waals surface area contributed by atoms with Crippen LogP contribution in [0.4, 0.5) is 0 Å². The van der Waals surface area contributed by atoms with Gasteiger partial charge in [-0.2, -0.15) is 0 Å². The zero-order valence-corrected chi connectivity index (χ0v) is 15.2. The van der Waals surface area contributed by atoms with Crippen LogP contribution in [0.1, 0.15) is 17.5 Å². The molecular weight excluding hydrogens is 330 g/mol. The summed E-state index contributed by atoms with van der Waals surface area (Å²) in [4.78, 5) is 2.23. The molecule has 1 aliphatic heterocycles. The third-order valence-electron chi connectivity index (χ3n) is 4.67. The van der Waals surface area contributed by atoms with Crippen molar-refractivity contribution in [3.8, 4) is 11.5 Å². The number of aliphatic hydroxyl groups is 2. The number of aryl methyl sites for hydroxylation is 1. The molecule has 0 radical (unpaired) electrons. The lowest BCUT2D eigenvalue weighted by atomic mass is 10.1. The molecule has 1 atom stereocenters. The van der Waals surface area contributed by atoms with Gasteiger partial charge in [-0.15, -0.1) is 0 Å². The Balaban J connectivity index is 1.54. The minimum Gasteiger partial charge on any atom is -0.491 e. The average Bonchev–Trinajstić information content (AvgIpc) is 3.01. The van der Waals surface area contributed by atoms with Gasteiger partial charge in [0.05, 0.1) is 6.61 Å². The predicted octanol–water partition coefficient (Wildman–Crippen LogP) is 2.38. The van der Waals surface area contributed by atoms with Gasteiger partial charge in [-0.05, 0) is 42.7 Å². The Morgan fingerprint density at radius 3 is 2.77 bits per heavy atom. The van der Waals surface area contributed by atoms with Crippen molar-refractivity contribution in [2.45, 2.75) is 25.5 Å². The summed E-state index contributed by atoms with van der Waals surface area (Å²) in [6.45, 7) is 4.77. The van der Waals surface area contributed by atoms with Gasteiger partial charge in [0.2, 0.25) is 0 Å². The van der Waals surface area contributed by atoms with E-state index in [-0.39, 0.29) is 6.61 Å². The van der Waals surface area contributed by atoms with Crippen molar-refractivity contribution in [1.82, 2.24) is 4.90 Å². The van der Waals surface area contributed by atoms with E-state index in [1.165, 1.54) is 0 Å². The molecule has 2 aromatic carbocycles. The molecule has 140 valence electrons. The van der Waals surface area contributed by atoms with E-state index >= 15 is 0 Å². The lowest BCUT2D eigenvalue weighted by molar-refractivity contribution is 0.00320. The van der Waals surface area contributed by atoms with Gasteiger partial charge in [0.1, 0.15) is 30.3 Å².